The zero-order valence-electron chi connectivity index (χ0n) is 11.3. The second kappa shape index (κ2) is 5.93. The lowest BCUT2D eigenvalue weighted by Crippen LogP contribution is -2.49. The molecule has 1 fully saturated rings. The van der Waals surface area contributed by atoms with Crippen molar-refractivity contribution in [3.8, 4) is 0 Å². The lowest BCUT2D eigenvalue weighted by Gasteiger charge is -2.33. The summed E-state index contributed by atoms with van der Waals surface area (Å²) in [5.41, 5.74) is 1.06. The van der Waals surface area contributed by atoms with Gasteiger partial charge in [-0.1, -0.05) is 6.07 Å². The number of aliphatic hydroxyl groups excluding tert-OH is 1. The van der Waals surface area contributed by atoms with Gasteiger partial charge in [-0.3, -0.25) is 4.90 Å². The van der Waals surface area contributed by atoms with E-state index in [9.17, 15) is 8.42 Å². The van der Waals surface area contributed by atoms with Gasteiger partial charge in [0.25, 0.3) is 0 Å². The van der Waals surface area contributed by atoms with Gasteiger partial charge in [-0.15, -0.1) is 0 Å². The topological polar surface area (TPSA) is 86.6 Å². The molecule has 114 valence electrons. The van der Waals surface area contributed by atoms with Gasteiger partial charge in [-0.05, 0) is 12.1 Å². The third-order valence-corrected chi connectivity index (χ3v) is 6.09. The first kappa shape index (κ1) is 14.8. The van der Waals surface area contributed by atoms with Crippen LogP contribution in [0.15, 0.2) is 23.1 Å². The Balaban J connectivity index is 1.86. The number of aliphatic hydroxyl groups is 1. The van der Waals surface area contributed by atoms with Crippen LogP contribution in [0.4, 0.5) is 0 Å². The number of nitrogens with zero attached hydrogens (tertiary/aromatic N) is 4. The molecule has 0 aliphatic carbocycles. The minimum Gasteiger partial charge on any atom is -0.395 e. The predicted molar refractivity (Wildman–Crippen MR) is 79.7 cm³/mol. The van der Waals surface area contributed by atoms with Crippen LogP contribution in [0.2, 0.25) is 0 Å². The number of hydrogen-bond acceptors (Lipinski definition) is 7. The maximum atomic E-state index is 12.8. The minimum atomic E-state index is -3.55. The molecule has 1 aromatic carbocycles. The van der Waals surface area contributed by atoms with Crippen LogP contribution in [0.1, 0.15) is 0 Å². The summed E-state index contributed by atoms with van der Waals surface area (Å²) in [4.78, 5) is 2.28. The van der Waals surface area contributed by atoms with Crippen molar-refractivity contribution in [3.05, 3.63) is 18.2 Å². The number of sulfonamides is 1. The average Bonchev–Trinajstić information content (AvgIpc) is 2.96. The van der Waals surface area contributed by atoms with Gasteiger partial charge in [0.1, 0.15) is 15.9 Å². The van der Waals surface area contributed by atoms with Crippen LogP contribution < -0.4 is 0 Å². The molecule has 3 rings (SSSR count). The first-order valence-electron chi connectivity index (χ1n) is 6.67. The molecule has 0 saturated carbocycles. The zero-order valence-corrected chi connectivity index (χ0v) is 13.0. The van der Waals surface area contributed by atoms with Crippen molar-refractivity contribution in [2.45, 2.75) is 4.90 Å². The zero-order chi connectivity index (χ0) is 14.9. The standard InChI is InChI=1S/C12H16N4O3S2/c17-9-8-15-4-6-16(7-5-15)21(18,19)11-3-1-2-10-12(11)14-20-13-10/h1-3,17H,4-9H2. The van der Waals surface area contributed by atoms with Crippen LogP contribution in [-0.4, -0.2) is 70.8 Å². The molecule has 0 radical (unpaired) electrons. The van der Waals surface area contributed by atoms with E-state index in [2.05, 4.69) is 13.6 Å². The van der Waals surface area contributed by atoms with Gasteiger partial charge < -0.3 is 5.11 Å². The lowest BCUT2D eigenvalue weighted by molar-refractivity contribution is 0.151. The highest BCUT2D eigenvalue weighted by Gasteiger charge is 2.30. The first-order chi connectivity index (χ1) is 10.1. The summed E-state index contributed by atoms with van der Waals surface area (Å²) in [5, 5.41) is 8.93. The molecule has 1 N–H and O–H groups in total. The van der Waals surface area contributed by atoms with E-state index < -0.39 is 10.0 Å². The quantitative estimate of drug-likeness (QED) is 0.849. The van der Waals surface area contributed by atoms with Crippen molar-refractivity contribution < 1.29 is 13.5 Å². The van der Waals surface area contributed by atoms with Gasteiger partial charge in [-0.25, -0.2) is 8.42 Å². The summed E-state index contributed by atoms with van der Waals surface area (Å²) in [6.07, 6.45) is 0. The number of piperazine rings is 1. The van der Waals surface area contributed by atoms with E-state index in [0.717, 1.165) is 11.7 Å². The molecule has 1 aliphatic rings. The fraction of sp³-hybridized carbons (Fsp3) is 0.500. The van der Waals surface area contributed by atoms with E-state index in [1.54, 1.807) is 18.2 Å². The smallest absolute Gasteiger partial charge is 0.245 e. The molecule has 0 bridgehead atoms. The number of rotatable bonds is 4. The van der Waals surface area contributed by atoms with E-state index in [0.29, 0.717) is 43.8 Å². The number of fused-ring (bicyclic) bond motifs is 1. The molecular formula is C12H16N4O3S2. The van der Waals surface area contributed by atoms with Gasteiger partial charge in [-0.2, -0.15) is 13.1 Å². The predicted octanol–water partition coefficient (Wildman–Crippen LogP) is -0.0101. The van der Waals surface area contributed by atoms with Crippen LogP contribution in [0, 0.1) is 0 Å². The van der Waals surface area contributed by atoms with E-state index in [1.807, 2.05) is 0 Å². The monoisotopic (exact) mass is 328 g/mol. The summed E-state index contributed by atoms with van der Waals surface area (Å²) in [5.74, 6) is 0. The SMILES string of the molecule is O=S(=O)(c1cccc2nsnc12)N1CCN(CCO)CC1. The molecule has 7 nitrogen and oxygen atoms in total. The molecule has 0 atom stereocenters. The van der Waals surface area contributed by atoms with Gasteiger partial charge in [0.2, 0.25) is 10.0 Å². The number of benzene rings is 1. The number of β-amino-alcohol motifs (C(OH)–C–C–N with tert-alkyl or cyclic N) is 1. The fourth-order valence-electron chi connectivity index (χ4n) is 2.46. The van der Waals surface area contributed by atoms with Crippen LogP contribution >= 0.6 is 11.7 Å². The molecule has 0 unspecified atom stereocenters. The molecule has 0 spiro atoms. The largest absolute Gasteiger partial charge is 0.395 e. The van der Waals surface area contributed by atoms with E-state index in [1.165, 1.54) is 4.31 Å². The molecule has 2 aromatic rings. The summed E-state index contributed by atoms with van der Waals surface area (Å²) < 4.78 is 35.2. The van der Waals surface area contributed by atoms with Gasteiger partial charge in [0, 0.05) is 32.7 Å². The van der Waals surface area contributed by atoms with E-state index >= 15 is 0 Å². The van der Waals surface area contributed by atoms with E-state index in [4.69, 9.17) is 5.11 Å². The molecule has 1 aliphatic heterocycles. The molecule has 21 heavy (non-hydrogen) atoms. The molecule has 9 heteroatoms. The van der Waals surface area contributed by atoms with Crippen molar-refractivity contribution in [2.24, 2.45) is 0 Å². The second-order valence-electron chi connectivity index (χ2n) is 4.86. The number of aromatic nitrogens is 2. The third-order valence-electron chi connectivity index (χ3n) is 3.61. The highest BCUT2D eigenvalue weighted by Crippen LogP contribution is 2.25. The van der Waals surface area contributed by atoms with Crippen molar-refractivity contribution in [1.29, 1.82) is 0 Å². The minimum absolute atomic E-state index is 0.0938. The third kappa shape index (κ3) is 2.79. The van der Waals surface area contributed by atoms with Crippen molar-refractivity contribution >= 4 is 32.8 Å². The Morgan fingerprint density at radius 2 is 1.95 bits per heavy atom. The molecule has 2 heterocycles. The van der Waals surface area contributed by atoms with Crippen molar-refractivity contribution in [1.82, 2.24) is 18.0 Å². The Bertz CT molecular complexity index is 723. The van der Waals surface area contributed by atoms with Crippen molar-refractivity contribution in [2.75, 3.05) is 39.3 Å². The summed E-state index contributed by atoms with van der Waals surface area (Å²) in [6.45, 7) is 2.79. The summed E-state index contributed by atoms with van der Waals surface area (Å²) >= 11 is 1.02. The number of hydrogen-bond donors (Lipinski definition) is 1. The average molecular weight is 328 g/mol. The Morgan fingerprint density at radius 1 is 1.19 bits per heavy atom. The Kier molecular flexibility index (Phi) is 4.18. The van der Waals surface area contributed by atoms with Gasteiger partial charge >= 0.3 is 0 Å². The highest BCUT2D eigenvalue weighted by molar-refractivity contribution is 7.89. The Morgan fingerprint density at radius 3 is 2.67 bits per heavy atom. The second-order valence-corrected chi connectivity index (χ2v) is 7.29. The Labute approximate surface area is 127 Å². The van der Waals surface area contributed by atoms with E-state index in [-0.39, 0.29) is 11.5 Å². The molecule has 1 aromatic heterocycles. The molecule has 0 amide bonds. The Hall–Kier alpha value is -1.13. The van der Waals surface area contributed by atoms with Gasteiger partial charge in [0.15, 0.2) is 0 Å². The lowest BCUT2D eigenvalue weighted by atomic mass is 10.3. The summed E-state index contributed by atoms with van der Waals surface area (Å²) in [7, 11) is -3.55. The van der Waals surface area contributed by atoms with Crippen LogP contribution in [0.3, 0.4) is 0 Å². The van der Waals surface area contributed by atoms with Crippen LogP contribution in [0.25, 0.3) is 11.0 Å². The van der Waals surface area contributed by atoms with Gasteiger partial charge in [0.05, 0.1) is 18.3 Å². The maximum absolute atomic E-state index is 12.8. The van der Waals surface area contributed by atoms with Crippen molar-refractivity contribution in [3.63, 3.8) is 0 Å². The normalized spacial score (nSPS) is 18.3. The first-order valence-corrected chi connectivity index (χ1v) is 8.84. The molecular weight excluding hydrogens is 312 g/mol. The summed E-state index contributed by atoms with van der Waals surface area (Å²) in [6, 6.07) is 5.04. The highest BCUT2D eigenvalue weighted by atomic mass is 32.2. The van der Waals surface area contributed by atoms with Crippen LogP contribution in [0.5, 0.6) is 0 Å². The van der Waals surface area contributed by atoms with Crippen LogP contribution in [-0.2, 0) is 10.0 Å². The molecule has 1 saturated heterocycles. The maximum Gasteiger partial charge on any atom is 0.245 e. The fourth-order valence-corrected chi connectivity index (χ4v) is 4.64.